The highest BCUT2D eigenvalue weighted by molar-refractivity contribution is 8.03. The Balaban J connectivity index is 1.94. The van der Waals surface area contributed by atoms with Gasteiger partial charge in [0.2, 0.25) is 0 Å². The van der Waals surface area contributed by atoms with E-state index in [1.54, 1.807) is 24.3 Å². The number of ketones is 1. The first kappa shape index (κ1) is 23.4. The van der Waals surface area contributed by atoms with E-state index >= 15 is 0 Å². The SMILES string of the molecule is CSC1=CC(O)(CCCCOc2ccccc2)/C(=C\C=C/C(O)CCCO)C1=O. The fourth-order valence-corrected chi connectivity index (χ4v) is 3.76. The van der Waals surface area contributed by atoms with Crippen LogP contribution in [0.2, 0.25) is 0 Å². The molecule has 2 rings (SSSR count). The summed E-state index contributed by atoms with van der Waals surface area (Å²) in [5.41, 5.74) is -0.973. The summed E-state index contributed by atoms with van der Waals surface area (Å²) in [4.78, 5) is 13.1. The maximum Gasteiger partial charge on any atom is 0.198 e. The van der Waals surface area contributed by atoms with E-state index in [0.717, 1.165) is 12.2 Å². The second kappa shape index (κ2) is 12.0. The average molecular weight is 419 g/mol. The Labute approximate surface area is 176 Å². The number of carbonyl (C=O) groups excluding carboxylic acids is 1. The van der Waals surface area contributed by atoms with E-state index in [9.17, 15) is 15.0 Å². The second-order valence-corrected chi connectivity index (χ2v) is 7.83. The zero-order valence-electron chi connectivity index (χ0n) is 16.8. The van der Waals surface area contributed by atoms with Gasteiger partial charge < -0.3 is 20.1 Å². The van der Waals surface area contributed by atoms with Gasteiger partial charge in [0, 0.05) is 12.2 Å². The van der Waals surface area contributed by atoms with Gasteiger partial charge >= 0.3 is 0 Å². The summed E-state index contributed by atoms with van der Waals surface area (Å²) in [5.74, 6) is 0.646. The average Bonchev–Trinajstić information content (AvgIpc) is 2.97. The molecule has 0 aliphatic heterocycles. The van der Waals surface area contributed by atoms with Crippen molar-refractivity contribution in [3.63, 3.8) is 0 Å². The van der Waals surface area contributed by atoms with Crippen LogP contribution in [0.3, 0.4) is 0 Å². The van der Waals surface area contributed by atoms with E-state index < -0.39 is 11.7 Å². The Hall–Kier alpha value is -1.86. The zero-order valence-corrected chi connectivity index (χ0v) is 17.6. The minimum atomic E-state index is -1.30. The quantitative estimate of drug-likeness (QED) is 0.356. The molecule has 1 aliphatic carbocycles. The molecule has 158 valence electrons. The molecular weight excluding hydrogens is 388 g/mol. The zero-order chi connectivity index (χ0) is 21.1. The largest absolute Gasteiger partial charge is 0.494 e. The number of rotatable bonds is 12. The fraction of sp³-hybridized carbons (Fsp3) is 0.435. The standard InChI is InChI=1S/C23H30O5S/c1-29-21-17-23(27,14-5-6-16-28-19-11-3-2-4-12-19)20(22(21)26)13-7-9-18(25)10-8-15-24/h2-4,7,9,11-13,17-18,24-25,27H,5-6,8,10,14-16H2,1H3/b9-7-,20-13-. The van der Waals surface area contributed by atoms with Crippen LogP contribution in [-0.4, -0.2) is 52.3 Å². The highest BCUT2D eigenvalue weighted by Gasteiger charge is 2.40. The molecule has 2 atom stereocenters. The molecule has 0 spiro atoms. The Morgan fingerprint density at radius 1 is 1.21 bits per heavy atom. The highest BCUT2D eigenvalue weighted by Crippen LogP contribution is 2.38. The molecule has 0 heterocycles. The van der Waals surface area contributed by atoms with E-state index in [1.165, 1.54) is 11.8 Å². The summed E-state index contributed by atoms with van der Waals surface area (Å²) in [7, 11) is 0. The monoisotopic (exact) mass is 418 g/mol. The van der Waals surface area contributed by atoms with Crippen LogP contribution in [0.1, 0.15) is 32.1 Å². The van der Waals surface area contributed by atoms with Crippen molar-refractivity contribution in [1.29, 1.82) is 0 Å². The molecule has 3 N–H and O–H groups in total. The second-order valence-electron chi connectivity index (χ2n) is 6.98. The molecule has 5 nitrogen and oxygen atoms in total. The summed E-state index contributed by atoms with van der Waals surface area (Å²) >= 11 is 1.32. The van der Waals surface area contributed by atoms with Crippen molar-refractivity contribution >= 4 is 17.5 Å². The number of hydrogen-bond acceptors (Lipinski definition) is 6. The number of carbonyl (C=O) groups is 1. The molecule has 0 saturated heterocycles. The van der Waals surface area contributed by atoms with Gasteiger partial charge in [0.05, 0.1) is 17.6 Å². The molecule has 29 heavy (non-hydrogen) atoms. The number of para-hydroxylation sites is 1. The number of aliphatic hydroxyl groups excluding tert-OH is 2. The molecule has 2 unspecified atom stereocenters. The number of allylic oxidation sites excluding steroid dienone is 3. The molecule has 0 bridgehead atoms. The van der Waals surface area contributed by atoms with Gasteiger partial charge in [0.1, 0.15) is 11.4 Å². The lowest BCUT2D eigenvalue weighted by molar-refractivity contribution is -0.112. The van der Waals surface area contributed by atoms with E-state index in [1.807, 2.05) is 36.6 Å². The van der Waals surface area contributed by atoms with E-state index in [0.29, 0.717) is 42.8 Å². The van der Waals surface area contributed by atoms with Crippen LogP contribution in [0.15, 0.2) is 65.1 Å². The topological polar surface area (TPSA) is 87.0 Å². The van der Waals surface area contributed by atoms with E-state index in [4.69, 9.17) is 9.84 Å². The Morgan fingerprint density at radius 3 is 2.66 bits per heavy atom. The molecule has 0 fully saturated rings. The third-order valence-electron chi connectivity index (χ3n) is 4.74. The molecule has 6 heteroatoms. The summed E-state index contributed by atoms with van der Waals surface area (Å²) in [5, 5.41) is 29.7. The number of hydrogen-bond donors (Lipinski definition) is 3. The van der Waals surface area contributed by atoms with Crippen molar-refractivity contribution in [1.82, 2.24) is 0 Å². The normalized spacial score (nSPS) is 21.7. The molecule has 0 aromatic heterocycles. The Bertz CT molecular complexity index is 741. The van der Waals surface area contributed by atoms with Crippen molar-refractivity contribution in [2.45, 2.75) is 43.8 Å². The number of thioether (sulfide) groups is 1. The molecule has 1 aromatic carbocycles. The van der Waals surface area contributed by atoms with Gasteiger partial charge in [0.25, 0.3) is 0 Å². The van der Waals surface area contributed by atoms with Gasteiger partial charge in [-0.3, -0.25) is 4.79 Å². The summed E-state index contributed by atoms with van der Waals surface area (Å²) < 4.78 is 5.68. The van der Waals surface area contributed by atoms with Crippen LogP contribution in [0.25, 0.3) is 0 Å². The summed E-state index contributed by atoms with van der Waals surface area (Å²) in [6.07, 6.45) is 10.4. The van der Waals surface area contributed by atoms with Crippen molar-refractivity contribution in [3.05, 3.63) is 65.1 Å². The van der Waals surface area contributed by atoms with Crippen molar-refractivity contribution in [3.8, 4) is 5.75 Å². The fourth-order valence-electron chi connectivity index (χ4n) is 3.15. The van der Waals surface area contributed by atoms with Crippen LogP contribution in [0.4, 0.5) is 0 Å². The third-order valence-corrected chi connectivity index (χ3v) is 5.49. The molecule has 0 saturated carbocycles. The van der Waals surface area contributed by atoms with E-state index in [2.05, 4.69) is 0 Å². The summed E-state index contributed by atoms with van der Waals surface area (Å²) in [6, 6.07) is 9.57. The maximum absolute atomic E-state index is 12.6. The molecule has 0 amide bonds. The van der Waals surface area contributed by atoms with Crippen LogP contribution in [0.5, 0.6) is 5.75 Å². The van der Waals surface area contributed by atoms with Gasteiger partial charge in [-0.1, -0.05) is 36.4 Å². The van der Waals surface area contributed by atoms with Crippen molar-refractivity contribution < 1.29 is 24.9 Å². The van der Waals surface area contributed by atoms with Crippen LogP contribution in [-0.2, 0) is 4.79 Å². The Morgan fingerprint density at radius 2 is 1.97 bits per heavy atom. The Kier molecular flexibility index (Phi) is 9.67. The number of Topliss-reactive ketones (excluding diaryl/α,β-unsaturated/α-hetero) is 1. The maximum atomic E-state index is 12.6. The van der Waals surface area contributed by atoms with Gasteiger partial charge in [-0.05, 0) is 56.6 Å². The van der Waals surface area contributed by atoms with Crippen LogP contribution in [0, 0.1) is 0 Å². The number of benzene rings is 1. The molecular formula is C23H30O5S. The predicted octanol–water partition coefficient (Wildman–Crippen LogP) is 3.41. The first-order valence-electron chi connectivity index (χ1n) is 9.90. The lowest BCUT2D eigenvalue weighted by Crippen LogP contribution is -2.28. The highest BCUT2D eigenvalue weighted by atomic mass is 32.2. The first-order chi connectivity index (χ1) is 14.0. The number of aliphatic hydroxyl groups is 3. The van der Waals surface area contributed by atoms with E-state index in [-0.39, 0.29) is 12.4 Å². The van der Waals surface area contributed by atoms with Crippen molar-refractivity contribution in [2.24, 2.45) is 0 Å². The first-order valence-corrected chi connectivity index (χ1v) is 11.1. The lowest BCUT2D eigenvalue weighted by Gasteiger charge is -2.22. The minimum Gasteiger partial charge on any atom is -0.494 e. The van der Waals surface area contributed by atoms with Gasteiger partial charge in [-0.2, -0.15) is 0 Å². The predicted molar refractivity (Wildman–Crippen MR) is 117 cm³/mol. The lowest BCUT2D eigenvalue weighted by atomic mass is 9.90. The molecule has 0 radical (unpaired) electrons. The van der Waals surface area contributed by atoms with Gasteiger partial charge in [0.15, 0.2) is 5.78 Å². The van der Waals surface area contributed by atoms with Gasteiger partial charge in [-0.25, -0.2) is 0 Å². The number of unbranched alkanes of at least 4 members (excludes halogenated alkanes) is 1. The minimum absolute atomic E-state index is 0.0270. The summed E-state index contributed by atoms with van der Waals surface area (Å²) in [6.45, 7) is 0.572. The van der Waals surface area contributed by atoms with Crippen LogP contribution >= 0.6 is 11.8 Å². The molecule has 1 aliphatic rings. The van der Waals surface area contributed by atoms with Crippen LogP contribution < -0.4 is 4.74 Å². The van der Waals surface area contributed by atoms with Gasteiger partial charge in [-0.15, -0.1) is 11.8 Å². The third kappa shape index (κ3) is 7.16. The number of ether oxygens (including phenoxy) is 1. The smallest absolute Gasteiger partial charge is 0.198 e. The van der Waals surface area contributed by atoms with Crippen molar-refractivity contribution in [2.75, 3.05) is 19.5 Å². The molecule has 1 aromatic rings.